The molecule has 0 aromatic heterocycles. The Hall–Kier alpha value is -4.06. The second kappa shape index (κ2) is 11.2. The Balaban J connectivity index is 1.75. The van der Waals surface area contributed by atoms with Gasteiger partial charge in [-0.15, -0.1) is 0 Å². The number of carbonyl (C=O) groups excluding carboxylic acids is 1. The fourth-order valence-electron chi connectivity index (χ4n) is 2.87. The zero-order valence-electron chi connectivity index (χ0n) is 17.7. The highest BCUT2D eigenvalue weighted by Gasteiger charge is 2.13. The summed E-state index contributed by atoms with van der Waals surface area (Å²) in [5.74, 6) is 0.155. The van der Waals surface area contributed by atoms with Crippen molar-refractivity contribution < 1.29 is 19.2 Å². The Kier molecular flexibility index (Phi) is 8.09. The minimum Gasteiger partial charge on any atom is -0.493 e. The lowest BCUT2D eigenvalue weighted by Gasteiger charge is -2.12. The molecule has 0 fully saturated rings. The monoisotopic (exact) mass is 497 g/mol. The van der Waals surface area contributed by atoms with Gasteiger partial charge in [0.05, 0.1) is 22.7 Å². The van der Waals surface area contributed by atoms with Crippen LogP contribution in [0.5, 0.6) is 11.5 Å². The minimum atomic E-state index is -0.649. The minimum absolute atomic E-state index is 0.00700. The van der Waals surface area contributed by atoms with Gasteiger partial charge in [-0.3, -0.25) is 14.9 Å². The van der Waals surface area contributed by atoms with Gasteiger partial charge in [0.1, 0.15) is 18.2 Å². The first-order chi connectivity index (χ1) is 16.3. The molecule has 3 aromatic rings. The second-order valence-corrected chi connectivity index (χ2v) is 7.71. The summed E-state index contributed by atoms with van der Waals surface area (Å²) in [5.41, 5.74) is 1.39. The van der Waals surface area contributed by atoms with Crippen molar-refractivity contribution in [3.05, 3.63) is 97.5 Å². The van der Waals surface area contributed by atoms with Crippen LogP contribution in [-0.4, -0.2) is 17.9 Å². The Bertz CT molecular complexity index is 1300. The van der Waals surface area contributed by atoms with Crippen LogP contribution in [0.25, 0.3) is 6.08 Å². The van der Waals surface area contributed by atoms with E-state index in [0.29, 0.717) is 22.1 Å². The number of nitro benzene ring substituents is 1. The van der Waals surface area contributed by atoms with Gasteiger partial charge in [0.15, 0.2) is 11.5 Å². The molecule has 0 saturated heterocycles. The first kappa shape index (κ1) is 24.6. The molecule has 3 aromatic carbocycles. The zero-order valence-corrected chi connectivity index (χ0v) is 19.3. The summed E-state index contributed by atoms with van der Waals surface area (Å²) in [5, 5.41) is 23.5. The molecule has 0 aliphatic rings. The average Bonchev–Trinajstić information content (AvgIpc) is 2.83. The molecule has 8 nitrogen and oxygen atoms in total. The molecule has 0 atom stereocenters. The van der Waals surface area contributed by atoms with E-state index in [1.807, 2.05) is 6.07 Å². The van der Waals surface area contributed by atoms with E-state index in [0.717, 1.165) is 5.56 Å². The molecule has 0 spiro atoms. The van der Waals surface area contributed by atoms with Gasteiger partial charge in [-0.2, -0.15) is 5.26 Å². The van der Waals surface area contributed by atoms with E-state index in [9.17, 15) is 20.2 Å². The first-order valence-corrected chi connectivity index (χ1v) is 10.5. The highest BCUT2D eigenvalue weighted by Crippen LogP contribution is 2.30. The third-order valence-electron chi connectivity index (χ3n) is 4.58. The molecule has 0 aliphatic heterocycles. The van der Waals surface area contributed by atoms with Gasteiger partial charge in [0, 0.05) is 17.2 Å². The third kappa shape index (κ3) is 6.25. The van der Waals surface area contributed by atoms with E-state index in [4.69, 9.17) is 32.7 Å². The maximum absolute atomic E-state index is 12.6. The molecule has 1 N–H and O–H groups in total. The fourth-order valence-corrected chi connectivity index (χ4v) is 3.20. The lowest BCUT2D eigenvalue weighted by Crippen LogP contribution is -2.13. The molecule has 0 aliphatic carbocycles. The number of nitrogens with zero attached hydrogens (tertiary/aromatic N) is 2. The number of amides is 1. The number of benzene rings is 3. The number of anilines is 1. The molecule has 1 amide bonds. The maximum atomic E-state index is 12.6. The molecular weight excluding hydrogens is 481 g/mol. The molecule has 34 heavy (non-hydrogen) atoms. The summed E-state index contributed by atoms with van der Waals surface area (Å²) in [6, 6.07) is 17.4. The fraction of sp³-hybridized carbons (Fsp3) is 0.0833. The van der Waals surface area contributed by atoms with E-state index < -0.39 is 10.8 Å². The van der Waals surface area contributed by atoms with Crippen LogP contribution in [-0.2, 0) is 11.4 Å². The van der Waals surface area contributed by atoms with E-state index in [1.165, 1.54) is 37.5 Å². The van der Waals surface area contributed by atoms with E-state index in [2.05, 4.69) is 5.32 Å². The number of carbonyl (C=O) groups is 1. The number of methoxy groups -OCH3 is 1. The van der Waals surface area contributed by atoms with Crippen LogP contribution in [0.2, 0.25) is 10.0 Å². The van der Waals surface area contributed by atoms with Gasteiger partial charge in [0.2, 0.25) is 0 Å². The standard InChI is InChI=1S/C24H17Cl2N3O5/c1-33-23-11-16(4-9-22(23)34-14-15-2-6-19(7-3-15)29(31)32)10-17(13-27)24(30)28-21-12-18(25)5-8-20(21)26/h2-12H,14H2,1H3,(H,28,30)/b17-10+. The highest BCUT2D eigenvalue weighted by atomic mass is 35.5. The number of nitriles is 1. The highest BCUT2D eigenvalue weighted by molar-refractivity contribution is 6.36. The number of non-ortho nitro benzene ring substituents is 1. The normalized spacial score (nSPS) is 10.8. The molecule has 172 valence electrons. The van der Waals surface area contributed by atoms with E-state index in [1.54, 1.807) is 36.4 Å². The Morgan fingerprint density at radius 2 is 1.85 bits per heavy atom. The van der Waals surface area contributed by atoms with Crippen molar-refractivity contribution in [2.75, 3.05) is 12.4 Å². The van der Waals surface area contributed by atoms with Crippen molar-refractivity contribution in [3.8, 4) is 17.6 Å². The van der Waals surface area contributed by atoms with E-state index in [-0.39, 0.29) is 28.6 Å². The van der Waals surface area contributed by atoms with Crippen LogP contribution < -0.4 is 14.8 Å². The maximum Gasteiger partial charge on any atom is 0.269 e. The number of nitro groups is 1. The summed E-state index contributed by atoms with van der Waals surface area (Å²) in [7, 11) is 1.46. The lowest BCUT2D eigenvalue weighted by molar-refractivity contribution is -0.384. The van der Waals surface area contributed by atoms with Gasteiger partial charge >= 0.3 is 0 Å². The molecule has 10 heteroatoms. The quantitative estimate of drug-likeness (QED) is 0.175. The summed E-state index contributed by atoms with van der Waals surface area (Å²) in [6.45, 7) is 0.162. The number of hydrogen-bond donors (Lipinski definition) is 1. The summed E-state index contributed by atoms with van der Waals surface area (Å²) < 4.78 is 11.1. The predicted octanol–water partition coefficient (Wildman–Crippen LogP) is 6.03. The van der Waals surface area contributed by atoms with Crippen LogP contribution >= 0.6 is 23.2 Å². The SMILES string of the molecule is COc1cc(/C=C(\C#N)C(=O)Nc2cc(Cl)ccc2Cl)ccc1OCc1ccc([N+](=O)[O-])cc1. The predicted molar refractivity (Wildman–Crippen MR) is 129 cm³/mol. The number of nitrogens with one attached hydrogen (secondary N) is 1. The Morgan fingerprint density at radius 3 is 2.50 bits per heavy atom. The largest absolute Gasteiger partial charge is 0.493 e. The zero-order chi connectivity index (χ0) is 24.7. The Morgan fingerprint density at radius 1 is 1.12 bits per heavy atom. The van der Waals surface area contributed by atoms with Gasteiger partial charge in [-0.25, -0.2) is 0 Å². The molecule has 0 bridgehead atoms. The lowest BCUT2D eigenvalue weighted by atomic mass is 10.1. The molecule has 0 unspecified atom stereocenters. The van der Waals surface area contributed by atoms with Gasteiger partial charge in [0.25, 0.3) is 11.6 Å². The summed E-state index contributed by atoms with van der Waals surface area (Å²) in [6.07, 6.45) is 1.40. The molecule has 0 saturated carbocycles. The van der Waals surface area contributed by atoms with Gasteiger partial charge in [-0.1, -0.05) is 29.3 Å². The van der Waals surface area contributed by atoms with Crippen molar-refractivity contribution >= 4 is 46.6 Å². The number of rotatable bonds is 8. The Labute approximate surface area is 205 Å². The molecule has 0 heterocycles. The van der Waals surface area contributed by atoms with Crippen molar-refractivity contribution in [2.45, 2.75) is 6.61 Å². The average molecular weight is 498 g/mol. The number of ether oxygens (including phenoxy) is 2. The smallest absolute Gasteiger partial charge is 0.269 e. The third-order valence-corrected chi connectivity index (χ3v) is 5.15. The van der Waals surface area contributed by atoms with Crippen molar-refractivity contribution in [1.29, 1.82) is 5.26 Å². The second-order valence-electron chi connectivity index (χ2n) is 6.87. The first-order valence-electron chi connectivity index (χ1n) is 9.73. The summed E-state index contributed by atoms with van der Waals surface area (Å²) in [4.78, 5) is 22.8. The van der Waals surface area contributed by atoms with E-state index >= 15 is 0 Å². The molecular formula is C24H17Cl2N3O5. The van der Waals surface area contributed by atoms with Crippen LogP contribution in [0.4, 0.5) is 11.4 Å². The summed E-state index contributed by atoms with van der Waals surface area (Å²) >= 11 is 12.0. The van der Waals surface area contributed by atoms with Crippen molar-refractivity contribution in [3.63, 3.8) is 0 Å². The molecule has 3 rings (SSSR count). The molecule has 0 radical (unpaired) electrons. The van der Waals surface area contributed by atoms with Crippen LogP contribution in [0, 0.1) is 21.4 Å². The van der Waals surface area contributed by atoms with Crippen LogP contribution in [0.1, 0.15) is 11.1 Å². The number of halogens is 2. The van der Waals surface area contributed by atoms with Gasteiger partial charge in [-0.05, 0) is 59.7 Å². The topological polar surface area (TPSA) is 114 Å². The number of hydrogen-bond acceptors (Lipinski definition) is 6. The van der Waals surface area contributed by atoms with Gasteiger partial charge < -0.3 is 14.8 Å². The van der Waals surface area contributed by atoms with Crippen molar-refractivity contribution in [1.82, 2.24) is 0 Å². The van der Waals surface area contributed by atoms with Crippen molar-refractivity contribution in [2.24, 2.45) is 0 Å². The van der Waals surface area contributed by atoms with Crippen LogP contribution in [0.15, 0.2) is 66.2 Å². The van der Waals surface area contributed by atoms with Crippen LogP contribution in [0.3, 0.4) is 0 Å².